The van der Waals surface area contributed by atoms with E-state index in [1.807, 2.05) is 13.0 Å². The van der Waals surface area contributed by atoms with Gasteiger partial charge in [-0.25, -0.2) is 4.79 Å². The first-order valence-corrected chi connectivity index (χ1v) is 8.03. The number of amides is 4. The molecule has 0 aliphatic heterocycles. The Kier molecular flexibility index (Phi) is 7.71. The molecule has 0 aliphatic carbocycles. The number of hydrogen-bond acceptors (Lipinski definition) is 5. The summed E-state index contributed by atoms with van der Waals surface area (Å²) in [5, 5.41) is 7.73. The van der Waals surface area contributed by atoms with E-state index in [0.717, 1.165) is 5.56 Å². The molecule has 0 aliphatic rings. The Bertz CT molecular complexity index is 631. The molecule has 4 amide bonds. The number of urea groups is 1. The fourth-order valence-electron chi connectivity index (χ4n) is 1.86. The van der Waals surface area contributed by atoms with Gasteiger partial charge in [0, 0.05) is 20.6 Å². The minimum Gasteiger partial charge on any atom is -0.482 e. The van der Waals surface area contributed by atoms with Crippen LogP contribution in [0.5, 0.6) is 5.75 Å². The van der Waals surface area contributed by atoms with Crippen molar-refractivity contribution in [2.75, 3.05) is 32.6 Å². The number of carbonyl (C=O) groups excluding carboxylic acids is 3. The fraction of sp³-hybridized carbons (Fsp3) is 0.471. The minimum absolute atomic E-state index is 0.107. The number of likely N-dealkylation sites (N-methyl/N-ethyl adjacent to an activating group) is 1. The minimum atomic E-state index is -0.669. The first-order chi connectivity index (χ1) is 11.7. The first-order valence-electron chi connectivity index (χ1n) is 8.03. The molecular weight excluding hydrogens is 324 g/mol. The maximum absolute atomic E-state index is 12.0. The topological polar surface area (TPSA) is 99.8 Å². The van der Waals surface area contributed by atoms with Crippen molar-refractivity contribution < 1.29 is 19.1 Å². The number of nitrogens with one attached hydrogen (secondary N) is 3. The van der Waals surface area contributed by atoms with Gasteiger partial charge in [0.15, 0.2) is 6.61 Å². The molecular formula is C17H26N4O4. The quantitative estimate of drug-likeness (QED) is 0.684. The molecule has 0 heterocycles. The smallest absolute Gasteiger partial charge is 0.321 e. The molecule has 1 aromatic rings. The molecule has 0 bridgehead atoms. The van der Waals surface area contributed by atoms with E-state index in [1.165, 1.54) is 4.90 Å². The molecule has 0 saturated heterocycles. The lowest BCUT2D eigenvalue weighted by molar-refractivity contribution is -0.130. The average Bonchev–Trinajstić information content (AvgIpc) is 2.54. The van der Waals surface area contributed by atoms with E-state index in [4.69, 9.17) is 4.74 Å². The number of nitrogens with zero attached hydrogens (tertiary/aromatic N) is 1. The monoisotopic (exact) mass is 350 g/mol. The van der Waals surface area contributed by atoms with Crippen LogP contribution in [-0.2, 0) is 9.59 Å². The third-order valence-electron chi connectivity index (χ3n) is 3.33. The molecule has 8 heteroatoms. The third-order valence-corrected chi connectivity index (χ3v) is 3.33. The van der Waals surface area contributed by atoms with Gasteiger partial charge in [-0.3, -0.25) is 14.9 Å². The van der Waals surface area contributed by atoms with Crippen LogP contribution >= 0.6 is 0 Å². The van der Waals surface area contributed by atoms with Crippen LogP contribution < -0.4 is 20.7 Å². The van der Waals surface area contributed by atoms with Crippen LogP contribution in [0, 0.1) is 6.92 Å². The predicted octanol–water partition coefficient (Wildman–Crippen LogP) is 1.11. The molecule has 0 saturated carbocycles. The van der Waals surface area contributed by atoms with Gasteiger partial charge in [-0.15, -0.1) is 0 Å². The number of rotatable bonds is 7. The van der Waals surface area contributed by atoms with Gasteiger partial charge in [-0.1, -0.05) is 6.07 Å². The number of anilines is 1. The molecule has 1 aromatic carbocycles. The molecule has 1 atom stereocenters. The summed E-state index contributed by atoms with van der Waals surface area (Å²) in [5.74, 6) is -0.177. The van der Waals surface area contributed by atoms with E-state index in [9.17, 15) is 14.4 Å². The summed E-state index contributed by atoms with van der Waals surface area (Å²) in [6.07, 6.45) is 0. The number of imide groups is 1. The van der Waals surface area contributed by atoms with Crippen molar-refractivity contribution in [3.8, 4) is 5.75 Å². The molecule has 1 rings (SSSR count). The Labute approximate surface area is 147 Å². The van der Waals surface area contributed by atoms with Crippen LogP contribution in [0.2, 0.25) is 0 Å². The van der Waals surface area contributed by atoms with Crippen molar-refractivity contribution in [1.82, 2.24) is 15.5 Å². The van der Waals surface area contributed by atoms with Gasteiger partial charge in [-0.2, -0.15) is 0 Å². The lowest BCUT2D eigenvalue weighted by atomic mass is 10.2. The summed E-state index contributed by atoms with van der Waals surface area (Å²) in [6.45, 7) is 5.61. The number of aryl methyl sites for hydroxylation is 1. The highest BCUT2D eigenvalue weighted by atomic mass is 16.5. The predicted molar refractivity (Wildman–Crippen MR) is 95.7 cm³/mol. The largest absolute Gasteiger partial charge is 0.482 e. The molecule has 25 heavy (non-hydrogen) atoms. The zero-order valence-electron chi connectivity index (χ0n) is 15.3. The molecule has 0 aromatic heterocycles. The van der Waals surface area contributed by atoms with Crippen LogP contribution in [0.4, 0.5) is 10.5 Å². The maximum atomic E-state index is 12.0. The van der Waals surface area contributed by atoms with Gasteiger partial charge in [0.2, 0.25) is 5.91 Å². The van der Waals surface area contributed by atoms with Gasteiger partial charge < -0.3 is 20.3 Å². The Morgan fingerprint density at radius 2 is 1.92 bits per heavy atom. The molecule has 138 valence electrons. The van der Waals surface area contributed by atoms with E-state index in [1.54, 1.807) is 40.1 Å². The van der Waals surface area contributed by atoms with E-state index in [0.29, 0.717) is 18.0 Å². The van der Waals surface area contributed by atoms with Gasteiger partial charge in [0.25, 0.3) is 5.91 Å². The lowest BCUT2D eigenvalue weighted by Crippen LogP contribution is -2.45. The second kappa shape index (κ2) is 9.51. The average molecular weight is 350 g/mol. The summed E-state index contributed by atoms with van der Waals surface area (Å²) in [7, 11) is 3.30. The summed E-state index contributed by atoms with van der Waals surface area (Å²) in [6, 6.07) is 4.19. The van der Waals surface area contributed by atoms with Crippen molar-refractivity contribution >= 4 is 23.5 Å². The van der Waals surface area contributed by atoms with Crippen LogP contribution in [0.1, 0.15) is 19.4 Å². The number of hydrogen-bond donors (Lipinski definition) is 3. The highest BCUT2D eigenvalue weighted by molar-refractivity contribution is 5.98. The number of ether oxygens (including phenoxy) is 1. The van der Waals surface area contributed by atoms with Crippen molar-refractivity contribution in [2.24, 2.45) is 0 Å². The van der Waals surface area contributed by atoms with Crippen molar-refractivity contribution in [2.45, 2.75) is 26.8 Å². The van der Waals surface area contributed by atoms with Gasteiger partial charge in [0.05, 0.1) is 5.69 Å². The zero-order valence-corrected chi connectivity index (χ0v) is 15.3. The maximum Gasteiger partial charge on any atom is 0.321 e. The zero-order chi connectivity index (χ0) is 19.0. The standard InChI is InChI=1S/C17H26N4O4/c1-6-18-17(24)20-16(23)12(3)19-13-8-7-11(2)9-14(13)25-10-15(22)21(4)5/h7-9,12,19H,6,10H2,1-5H3,(H2,18,20,23,24)/t12-/m0/s1. The molecule has 3 N–H and O–H groups in total. The van der Waals surface area contributed by atoms with Crippen molar-refractivity contribution in [3.63, 3.8) is 0 Å². The van der Waals surface area contributed by atoms with Gasteiger partial charge >= 0.3 is 6.03 Å². The highest BCUT2D eigenvalue weighted by Crippen LogP contribution is 2.26. The van der Waals surface area contributed by atoms with Crippen LogP contribution in [0.25, 0.3) is 0 Å². The summed E-state index contributed by atoms with van der Waals surface area (Å²) in [5.41, 5.74) is 1.52. The summed E-state index contributed by atoms with van der Waals surface area (Å²) in [4.78, 5) is 36.6. The lowest BCUT2D eigenvalue weighted by Gasteiger charge is -2.19. The van der Waals surface area contributed by atoms with E-state index in [2.05, 4.69) is 16.0 Å². The van der Waals surface area contributed by atoms with Crippen LogP contribution in [0.15, 0.2) is 18.2 Å². The Balaban J connectivity index is 2.78. The Morgan fingerprint density at radius 1 is 1.24 bits per heavy atom. The summed E-state index contributed by atoms with van der Waals surface area (Å²) < 4.78 is 5.58. The van der Waals surface area contributed by atoms with Crippen LogP contribution in [0.3, 0.4) is 0 Å². The molecule has 8 nitrogen and oxygen atoms in total. The van der Waals surface area contributed by atoms with Gasteiger partial charge in [0.1, 0.15) is 11.8 Å². The Hall–Kier alpha value is -2.77. The van der Waals surface area contributed by atoms with Crippen molar-refractivity contribution in [3.05, 3.63) is 23.8 Å². The van der Waals surface area contributed by atoms with Gasteiger partial charge in [-0.05, 0) is 38.5 Å². The molecule has 0 fully saturated rings. The number of benzene rings is 1. The van der Waals surface area contributed by atoms with E-state index >= 15 is 0 Å². The highest BCUT2D eigenvalue weighted by Gasteiger charge is 2.17. The summed E-state index contributed by atoms with van der Waals surface area (Å²) >= 11 is 0. The van der Waals surface area contributed by atoms with E-state index in [-0.39, 0.29) is 12.5 Å². The normalized spacial score (nSPS) is 11.2. The molecule has 0 spiro atoms. The Morgan fingerprint density at radius 3 is 2.52 bits per heavy atom. The second-order valence-electron chi connectivity index (χ2n) is 5.79. The third kappa shape index (κ3) is 6.70. The first kappa shape index (κ1) is 20.3. The number of carbonyl (C=O) groups is 3. The SMILES string of the molecule is CCNC(=O)NC(=O)[C@H](C)Nc1ccc(C)cc1OCC(=O)N(C)C. The molecule has 0 radical (unpaired) electrons. The van der Waals surface area contributed by atoms with Crippen molar-refractivity contribution in [1.29, 1.82) is 0 Å². The fourth-order valence-corrected chi connectivity index (χ4v) is 1.86. The molecule has 0 unspecified atom stereocenters. The second-order valence-corrected chi connectivity index (χ2v) is 5.79. The van der Waals surface area contributed by atoms with Crippen LogP contribution in [-0.4, -0.2) is 56.0 Å². The van der Waals surface area contributed by atoms with E-state index < -0.39 is 18.0 Å².